The molecule has 3 heteroatoms. The Morgan fingerprint density at radius 3 is 3.06 bits per heavy atom. The van der Waals surface area contributed by atoms with E-state index in [1.54, 1.807) is 0 Å². The lowest BCUT2D eigenvalue weighted by molar-refractivity contribution is 0.429. The molecule has 0 spiro atoms. The van der Waals surface area contributed by atoms with E-state index < -0.39 is 0 Å². The van der Waals surface area contributed by atoms with Gasteiger partial charge in [0.25, 0.3) is 0 Å². The van der Waals surface area contributed by atoms with Crippen LogP contribution >= 0.6 is 0 Å². The summed E-state index contributed by atoms with van der Waals surface area (Å²) in [4.78, 5) is 4.50. The molecule has 0 saturated heterocycles. The summed E-state index contributed by atoms with van der Waals surface area (Å²) >= 11 is 0. The van der Waals surface area contributed by atoms with E-state index in [0.29, 0.717) is 6.04 Å². The molecule has 0 radical (unpaired) electrons. The maximum Gasteiger partial charge on any atom is 0.176 e. The fraction of sp³-hybridized carbons (Fsp3) is 0.462. The molecule has 3 nitrogen and oxygen atoms in total. The van der Waals surface area contributed by atoms with Crippen molar-refractivity contribution >= 4 is 0 Å². The highest BCUT2D eigenvalue weighted by molar-refractivity contribution is 5.49. The molecule has 0 aliphatic carbocycles. The molecule has 3 heterocycles. The lowest BCUT2D eigenvalue weighted by Crippen LogP contribution is -2.15. The van der Waals surface area contributed by atoms with Crippen LogP contribution in [0.4, 0.5) is 0 Å². The lowest BCUT2D eigenvalue weighted by atomic mass is 10.0. The van der Waals surface area contributed by atoms with Crippen molar-refractivity contribution in [2.24, 2.45) is 0 Å². The number of rotatable bonds is 1. The summed E-state index contributed by atoms with van der Waals surface area (Å²) in [6.45, 7) is 4.22. The minimum absolute atomic E-state index is 0.534. The highest BCUT2D eigenvalue weighted by atomic mass is 16.3. The van der Waals surface area contributed by atoms with Gasteiger partial charge in [0.15, 0.2) is 11.6 Å². The van der Waals surface area contributed by atoms with Crippen LogP contribution in [0.2, 0.25) is 0 Å². The molecule has 1 atom stereocenters. The molecule has 0 N–H and O–H groups in total. The summed E-state index contributed by atoms with van der Waals surface area (Å²) in [5.74, 6) is 2.81. The van der Waals surface area contributed by atoms with E-state index in [-0.39, 0.29) is 0 Å². The monoisotopic (exact) mass is 216 g/mol. The second-order valence-corrected chi connectivity index (χ2v) is 4.59. The summed E-state index contributed by atoms with van der Waals surface area (Å²) in [6, 6.07) is 4.53. The Labute approximate surface area is 95.1 Å². The first-order valence-corrected chi connectivity index (χ1v) is 5.88. The van der Waals surface area contributed by atoms with Crippen LogP contribution in [0.15, 0.2) is 22.7 Å². The predicted octanol–water partition coefficient (Wildman–Crippen LogP) is 3.35. The molecular formula is C13H16N2O. The largest absolute Gasteiger partial charge is 0.458 e. The van der Waals surface area contributed by atoms with Crippen LogP contribution < -0.4 is 0 Å². The van der Waals surface area contributed by atoms with E-state index in [9.17, 15) is 0 Å². The Balaban J connectivity index is 2.12. The van der Waals surface area contributed by atoms with Gasteiger partial charge in [0, 0.05) is 17.9 Å². The maximum atomic E-state index is 5.66. The van der Waals surface area contributed by atoms with Gasteiger partial charge < -0.3 is 8.98 Å². The highest BCUT2D eigenvalue weighted by Gasteiger charge is 2.21. The van der Waals surface area contributed by atoms with E-state index in [1.807, 2.05) is 25.3 Å². The zero-order chi connectivity index (χ0) is 11.1. The SMILES string of the molecule is Cc1ccc(-c2ncc3n2C(C)CCC3)o1. The van der Waals surface area contributed by atoms with Gasteiger partial charge in [-0.2, -0.15) is 0 Å². The normalized spacial score (nSPS) is 19.8. The van der Waals surface area contributed by atoms with Gasteiger partial charge in [-0.05, 0) is 45.2 Å². The molecule has 3 rings (SSSR count). The molecule has 1 aliphatic rings. The molecule has 0 fully saturated rings. The van der Waals surface area contributed by atoms with Crippen LogP contribution in [0.25, 0.3) is 11.6 Å². The Morgan fingerprint density at radius 2 is 2.31 bits per heavy atom. The Kier molecular flexibility index (Phi) is 2.13. The van der Waals surface area contributed by atoms with Gasteiger partial charge in [0.2, 0.25) is 0 Å². The van der Waals surface area contributed by atoms with E-state index in [1.165, 1.54) is 18.5 Å². The number of aromatic nitrogens is 2. The van der Waals surface area contributed by atoms with E-state index in [4.69, 9.17) is 4.42 Å². The Hall–Kier alpha value is -1.51. The summed E-state index contributed by atoms with van der Waals surface area (Å²) in [6.07, 6.45) is 5.62. The van der Waals surface area contributed by atoms with Crippen molar-refractivity contribution in [2.45, 2.75) is 39.2 Å². The fourth-order valence-electron chi connectivity index (χ4n) is 2.52. The number of furan rings is 1. The molecule has 0 bridgehead atoms. The number of aryl methyl sites for hydroxylation is 2. The summed E-state index contributed by atoms with van der Waals surface area (Å²) in [5, 5.41) is 0. The van der Waals surface area contributed by atoms with Gasteiger partial charge in [-0.3, -0.25) is 0 Å². The number of hydrogen-bond donors (Lipinski definition) is 0. The molecule has 2 aromatic heterocycles. The second kappa shape index (κ2) is 3.51. The zero-order valence-corrected chi connectivity index (χ0v) is 9.73. The summed E-state index contributed by atoms with van der Waals surface area (Å²) < 4.78 is 7.98. The molecule has 1 aliphatic heterocycles. The summed E-state index contributed by atoms with van der Waals surface area (Å²) in [5.41, 5.74) is 1.34. The molecule has 0 amide bonds. The standard InChI is InChI=1S/C13H16N2O/c1-9-4-3-5-11-8-14-13(15(9)11)12-7-6-10(2)16-12/h6-9H,3-5H2,1-2H3. The Morgan fingerprint density at radius 1 is 1.44 bits per heavy atom. The smallest absolute Gasteiger partial charge is 0.176 e. The fourth-order valence-corrected chi connectivity index (χ4v) is 2.52. The van der Waals surface area contributed by atoms with E-state index in [2.05, 4.69) is 16.5 Å². The van der Waals surface area contributed by atoms with Crippen LogP contribution in [0.1, 0.15) is 37.3 Å². The number of imidazole rings is 1. The van der Waals surface area contributed by atoms with Crippen molar-refractivity contribution in [2.75, 3.05) is 0 Å². The highest BCUT2D eigenvalue weighted by Crippen LogP contribution is 2.31. The van der Waals surface area contributed by atoms with Crippen LogP contribution in [0.5, 0.6) is 0 Å². The van der Waals surface area contributed by atoms with Crippen LogP contribution in [-0.2, 0) is 6.42 Å². The van der Waals surface area contributed by atoms with Crippen molar-refractivity contribution in [1.82, 2.24) is 9.55 Å². The van der Waals surface area contributed by atoms with Gasteiger partial charge in [0.1, 0.15) is 5.76 Å². The van der Waals surface area contributed by atoms with Crippen molar-refractivity contribution in [1.29, 1.82) is 0 Å². The minimum Gasteiger partial charge on any atom is -0.458 e. The third-order valence-corrected chi connectivity index (χ3v) is 3.33. The first-order chi connectivity index (χ1) is 7.75. The molecule has 0 aromatic carbocycles. The van der Waals surface area contributed by atoms with E-state index >= 15 is 0 Å². The zero-order valence-electron chi connectivity index (χ0n) is 9.73. The van der Waals surface area contributed by atoms with Crippen LogP contribution in [-0.4, -0.2) is 9.55 Å². The first-order valence-electron chi connectivity index (χ1n) is 5.88. The third-order valence-electron chi connectivity index (χ3n) is 3.33. The van der Waals surface area contributed by atoms with Crippen molar-refractivity contribution in [3.05, 3.63) is 29.8 Å². The van der Waals surface area contributed by atoms with Gasteiger partial charge in [-0.25, -0.2) is 4.98 Å². The van der Waals surface area contributed by atoms with Crippen LogP contribution in [0.3, 0.4) is 0 Å². The average molecular weight is 216 g/mol. The molecule has 16 heavy (non-hydrogen) atoms. The van der Waals surface area contributed by atoms with E-state index in [0.717, 1.165) is 23.8 Å². The van der Waals surface area contributed by atoms with Gasteiger partial charge in [-0.15, -0.1) is 0 Å². The van der Waals surface area contributed by atoms with Gasteiger partial charge >= 0.3 is 0 Å². The quantitative estimate of drug-likeness (QED) is 0.732. The molecule has 1 unspecified atom stereocenters. The van der Waals surface area contributed by atoms with Crippen molar-refractivity contribution in [3.63, 3.8) is 0 Å². The summed E-state index contributed by atoms with van der Waals surface area (Å²) in [7, 11) is 0. The number of hydrogen-bond acceptors (Lipinski definition) is 2. The molecule has 2 aromatic rings. The molecule has 84 valence electrons. The maximum absolute atomic E-state index is 5.66. The Bertz CT molecular complexity index is 510. The van der Waals surface area contributed by atoms with Gasteiger partial charge in [-0.1, -0.05) is 0 Å². The number of fused-ring (bicyclic) bond motifs is 1. The van der Waals surface area contributed by atoms with Crippen LogP contribution in [0, 0.1) is 6.92 Å². The molecule has 0 saturated carbocycles. The van der Waals surface area contributed by atoms with Crippen molar-refractivity contribution in [3.8, 4) is 11.6 Å². The second-order valence-electron chi connectivity index (χ2n) is 4.59. The first kappa shape index (κ1) is 9.70. The molecular weight excluding hydrogens is 200 g/mol. The lowest BCUT2D eigenvalue weighted by Gasteiger charge is -2.23. The number of nitrogens with zero attached hydrogens (tertiary/aromatic N) is 2. The average Bonchev–Trinajstić information content (AvgIpc) is 2.84. The minimum atomic E-state index is 0.534. The third kappa shape index (κ3) is 1.39. The predicted molar refractivity (Wildman–Crippen MR) is 62.3 cm³/mol. The van der Waals surface area contributed by atoms with Crippen molar-refractivity contribution < 1.29 is 4.42 Å². The van der Waals surface area contributed by atoms with Gasteiger partial charge in [0.05, 0.1) is 0 Å². The topological polar surface area (TPSA) is 31.0 Å².